The van der Waals surface area contributed by atoms with Gasteiger partial charge in [-0.1, -0.05) is 70.9 Å². The van der Waals surface area contributed by atoms with Crippen LogP contribution in [0.4, 0.5) is 0 Å². The number of aryl methyl sites for hydroxylation is 1. The molecule has 230 valence electrons. The second kappa shape index (κ2) is 14.5. The molecule has 0 saturated carbocycles. The molecule has 0 saturated heterocycles. The minimum absolute atomic E-state index is 0.253. The number of hydrazone groups is 1. The lowest BCUT2D eigenvalue weighted by atomic mass is 9.99. The summed E-state index contributed by atoms with van der Waals surface area (Å²) in [5, 5.41) is 5.63. The third-order valence-corrected chi connectivity index (χ3v) is 7.82. The van der Waals surface area contributed by atoms with E-state index in [4.69, 9.17) is 25.8 Å². The number of carbonyl (C=O) groups is 2. The minimum atomic E-state index is -0.589. The van der Waals surface area contributed by atoms with Gasteiger partial charge in [0, 0.05) is 37.1 Å². The summed E-state index contributed by atoms with van der Waals surface area (Å²) in [6.45, 7) is 6.66. The number of esters is 1. The fraction of sp³-hybridized carbons (Fsp3) is 0.171. The number of aromatic nitrogens is 1. The molecule has 5 aromatic rings. The molecule has 0 fully saturated rings. The highest BCUT2D eigenvalue weighted by Gasteiger charge is 2.22. The van der Waals surface area contributed by atoms with Crippen molar-refractivity contribution in [3.05, 3.63) is 111 Å². The predicted octanol–water partition coefficient (Wildman–Crippen LogP) is 8.59. The van der Waals surface area contributed by atoms with Gasteiger partial charge in [0.2, 0.25) is 0 Å². The van der Waals surface area contributed by atoms with Gasteiger partial charge in [-0.25, -0.2) is 10.2 Å². The van der Waals surface area contributed by atoms with Crippen LogP contribution in [0.25, 0.3) is 22.0 Å². The monoisotopic (exact) mass is 687 g/mol. The number of carbonyl (C=O) groups excluding carboxylic acids is 2. The quantitative estimate of drug-likeness (QED) is 0.0627. The Bertz CT molecular complexity index is 1900. The van der Waals surface area contributed by atoms with Crippen LogP contribution in [0.1, 0.15) is 52.7 Å². The molecule has 1 heterocycles. The lowest BCUT2D eigenvalue weighted by Gasteiger charge is -2.13. The summed E-state index contributed by atoms with van der Waals surface area (Å²) in [5.74, 6) is 0.206. The highest BCUT2D eigenvalue weighted by Crippen LogP contribution is 2.38. The number of H-pyrrole nitrogens is 1. The molecule has 0 bridgehead atoms. The number of amides is 1. The standard InChI is InChI=1S/C35H31BrClN3O5/c1-4-21-10-9-12-26-31(25-11-7-8-13-27(25)37)33(39-32(21)26)34(41)40-38-20-23-18-24(36)15-17-28(23)45-35(42)22-14-16-29(43-5-2)30(19-22)44-6-3/h7-20,39H,4-6H2,1-3H3,(H,40,41). The van der Waals surface area contributed by atoms with Gasteiger partial charge in [0.05, 0.1) is 25.0 Å². The summed E-state index contributed by atoms with van der Waals surface area (Å²) in [6.07, 6.45) is 2.21. The maximum atomic E-state index is 13.6. The number of fused-ring (bicyclic) bond motifs is 1. The van der Waals surface area contributed by atoms with E-state index in [2.05, 4.69) is 38.4 Å². The zero-order valence-electron chi connectivity index (χ0n) is 24.9. The van der Waals surface area contributed by atoms with Gasteiger partial charge in [0.1, 0.15) is 11.4 Å². The molecular weight excluding hydrogens is 658 g/mol. The van der Waals surface area contributed by atoms with Crippen molar-refractivity contribution in [1.82, 2.24) is 10.4 Å². The second-order valence-electron chi connectivity index (χ2n) is 9.85. The summed E-state index contributed by atoms with van der Waals surface area (Å²) in [5.41, 5.74) is 7.07. The van der Waals surface area contributed by atoms with E-state index in [1.807, 2.05) is 50.2 Å². The van der Waals surface area contributed by atoms with Crippen LogP contribution in [0.3, 0.4) is 0 Å². The van der Waals surface area contributed by atoms with Gasteiger partial charge in [-0.3, -0.25) is 4.79 Å². The van der Waals surface area contributed by atoms with Crippen molar-refractivity contribution in [3.8, 4) is 28.4 Å². The van der Waals surface area contributed by atoms with E-state index in [0.717, 1.165) is 32.9 Å². The highest BCUT2D eigenvalue weighted by molar-refractivity contribution is 9.10. The molecule has 1 aromatic heterocycles. The summed E-state index contributed by atoms with van der Waals surface area (Å²) < 4.78 is 17.7. The zero-order valence-corrected chi connectivity index (χ0v) is 27.3. The van der Waals surface area contributed by atoms with E-state index in [-0.39, 0.29) is 5.75 Å². The van der Waals surface area contributed by atoms with E-state index in [1.54, 1.807) is 42.5 Å². The molecule has 0 radical (unpaired) electrons. The summed E-state index contributed by atoms with van der Waals surface area (Å²) in [6, 6.07) is 23.4. The number of halogens is 2. The maximum absolute atomic E-state index is 13.6. The lowest BCUT2D eigenvalue weighted by Crippen LogP contribution is -2.19. The first-order valence-corrected chi connectivity index (χ1v) is 15.6. The number of rotatable bonds is 11. The first-order chi connectivity index (χ1) is 21.8. The van der Waals surface area contributed by atoms with Crippen LogP contribution in [-0.2, 0) is 6.42 Å². The van der Waals surface area contributed by atoms with Crippen LogP contribution in [0.15, 0.2) is 88.4 Å². The van der Waals surface area contributed by atoms with E-state index in [0.29, 0.717) is 52.1 Å². The molecule has 4 aromatic carbocycles. The number of aromatic amines is 1. The van der Waals surface area contributed by atoms with Gasteiger partial charge in [-0.05, 0) is 68.3 Å². The van der Waals surface area contributed by atoms with E-state index in [1.165, 1.54) is 6.21 Å². The number of nitrogens with zero attached hydrogens (tertiary/aromatic N) is 1. The minimum Gasteiger partial charge on any atom is -0.490 e. The smallest absolute Gasteiger partial charge is 0.343 e. The van der Waals surface area contributed by atoms with Gasteiger partial charge in [0.15, 0.2) is 11.5 Å². The molecule has 1 amide bonds. The molecule has 2 N–H and O–H groups in total. The van der Waals surface area contributed by atoms with Crippen molar-refractivity contribution in [1.29, 1.82) is 0 Å². The third-order valence-electron chi connectivity index (χ3n) is 6.99. The molecule has 10 heteroatoms. The first-order valence-electron chi connectivity index (χ1n) is 14.5. The van der Waals surface area contributed by atoms with Crippen LogP contribution in [0.5, 0.6) is 17.2 Å². The van der Waals surface area contributed by atoms with Crippen LogP contribution < -0.4 is 19.6 Å². The molecule has 0 aliphatic heterocycles. The van der Waals surface area contributed by atoms with Crippen LogP contribution in [0.2, 0.25) is 5.02 Å². The second-order valence-corrected chi connectivity index (χ2v) is 11.2. The largest absolute Gasteiger partial charge is 0.490 e. The van der Waals surface area contributed by atoms with Crippen LogP contribution >= 0.6 is 27.5 Å². The van der Waals surface area contributed by atoms with Gasteiger partial charge in [-0.2, -0.15) is 5.10 Å². The fourth-order valence-electron chi connectivity index (χ4n) is 4.95. The summed E-state index contributed by atoms with van der Waals surface area (Å²) in [4.78, 5) is 30.0. The number of hydrogen-bond acceptors (Lipinski definition) is 6. The Balaban J connectivity index is 1.41. The van der Waals surface area contributed by atoms with Crippen molar-refractivity contribution < 1.29 is 23.8 Å². The Morgan fingerprint density at radius 3 is 2.42 bits per heavy atom. The number of hydrogen-bond donors (Lipinski definition) is 2. The Morgan fingerprint density at radius 1 is 0.911 bits per heavy atom. The Morgan fingerprint density at radius 2 is 1.67 bits per heavy atom. The van der Waals surface area contributed by atoms with Gasteiger partial charge in [-0.15, -0.1) is 0 Å². The average Bonchev–Trinajstić information content (AvgIpc) is 3.43. The number of ether oxygens (including phenoxy) is 3. The van der Waals surface area contributed by atoms with E-state index >= 15 is 0 Å². The number of benzene rings is 4. The zero-order chi connectivity index (χ0) is 31.9. The van der Waals surface area contributed by atoms with Gasteiger partial charge >= 0.3 is 5.97 Å². The van der Waals surface area contributed by atoms with Crippen molar-refractivity contribution in [2.45, 2.75) is 27.2 Å². The first kappa shape index (κ1) is 31.8. The van der Waals surface area contributed by atoms with Crippen molar-refractivity contribution in [3.63, 3.8) is 0 Å². The molecule has 0 aliphatic rings. The van der Waals surface area contributed by atoms with Crippen LogP contribution in [-0.4, -0.2) is 36.3 Å². The topological polar surface area (TPSA) is 102 Å². The van der Waals surface area contributed by atoms with Crippen molar-refractivity contribution in [2.24, 2.45) is 5.10 Å². The van der Waals surface area contributed by atoms with E-state index < -0.39 is 11.9 Å². The van der Waals surface area contributed by atoms with E-state index in [9.17, 15) is 9.59 Å². The lowest BCUT2D eigenvalue weighted by molar-refractivity contribution is 0.0733. The molecule has 8 nitrogen and oxygen atoms in total. The number of nitrogens with one attached hydrogen (secondary N) is 2. The average molecular weight is 689 g/mol. The Labute approximate surface area is 274 Å². The molecule has 0 aliphatic carbocycles. The van der Waals surface area contributed by atoms with Crippen LogP contribution in [0, 0.1) is 0 Å². The molecule has 45 heavy (non-hydrogen) atoms. The molecular formula is C35H31BrClN3O5. The normalized spacial score (nSPS) is 11.1. The molecule has 5 rings (SSSR count). The van der Waals surface area contributed by atoms with Gasteiger partial charge in [0.25, 0.3) is 5.91 Å². The van der Waals surface area contributed by atoms with Gasteiger partial charge < -0.3 is 19.2 Å². The predicted molar refractivity (Wildman–Crippen MR) is 181 cm³/mol. The fourth-order valence-corrected chi connectivity index (χ4v) is 5.56. The Hall–Kier alpha value is -4.60. The molecule has 0 atom stereocenters. The highest BCUT2D eigenvalue weighted by atomic mass is 79.9. The van der Waals surface area contributed by atoms with Crippen molar-refractivity contribution in [2.75, 3.05) is 13.2 Å². The number of para-hydroxylation sites is 1. The summed E-state index contributed by atoms with van der Waals surface area (Å²) >= 11 is 10.0. The molecule has 0 unspecified atom stereocenters. The third kappa shape index (κ3) is 7.05. The SMILES string of the molecule is CCOc1ccc(C(=O)Oc2ccc(Br)cc2C=NNC(=O)c2[nH]c3c(CC)cccc3c2-c2ccccc2Cl)cc1OCC. The summed E-state index contributed by atoms with van der Waals surface area (Å²) in [7, 11) is 0. The Kier molecular flexibility index (Phi) is 10.2. The van der Waals surface area contributed by atoms with Crippen molar-refractivity contribution >= 4 is 56.5 Å². The molecule has 0 spiro atoms. The maximum Gasteiger partial charge on any atom is 0.343 e.